The van der Waals surface area contributed by atoms with Crippen LogP contribution in [0.25, 0.3) is 0 Å². The van der Waals surface area contributed by atoms with Crippen LogP contribution in [0.2, 0.25) is 0 Å². The first-order valence-corrected chi connectivity index (χ1v) is 7.10. The highest BCUT2D eigenvalue weighted by Crippen LogP contribution is 2.25. The van der Waals surface area contributed by atoms with Crippen molar-refractivity contribution in [2.24, 2.45) is 0 Å². The van der Waals surface area contributed by atoms with Gasteiger partial charge in [-0.3, -0.25) is 4.90 Å². The van der Waals surface area contributed by atoms with Gasteiger partial charge in [-0.2, -0.15) is 0 Å². The van der Waals surface area contributed by atoms with Crippen LogP contribution in [-0.2, 0) is 6.54 Å². The lowest BCUT2D eigenvalue weighted by Crippen LogP contribution is -2.49. The van der Waals surface area contributed by atoms with E-state index in [4.69, 9.17) is 4.63 Å². The minimum absolute atomic E-state index is 0.664. The van der Waals surface area contributed by atoms with Gasteiger partial charge in [0.15, 0.2) is 0 Å². The zero-order valence-corrected chi connectivity index (χ0v) is 11.1. The lowest BCUT2D eigenvalue weighted by atomic mass is 9.94. The predicted molar refractivity (Wildman–Crippen MR) is 68.1 cm³/mol. The number of nitrogens with one attached hydrogen (secondary N) is 1. The van der Waals surface area contributed by atoms with Crippen molar-refractivity contribution in [3.05, 3.63) is 11.4 Å². The SMILES string of the molecule is Cc1nonc1CN1CCCCC1C1CCCN1. The van der Waals surface area contributed by atoms with Crippen LogP contribution < -0.4 is 5.32 Å². The monoisotopic (exact) mass is 250 g/mol. The van der Waals surface area contributed by atoms with Crippen LogP contribution in [-0.4, -0.2) is 40.4 Å². The van der Waals surface area contributed by atoms with Crippen molar-refractivity contribution < 1.29 is 4.63 Å². The van der Waals surface area contributed by atoms with E-state index in [0.717, 1.165) is 17.9 Å². The van der Waals surface area contributed by atoms with Crippen molar-refractivity contribution >= 4 is 0 Å². The van der Waals surface area contributed by atoms with Gasteiger partial charge in [0.1, 0.15) is 11.4 Å². The van der Waals surface area contributed by atoms with Gasteiger partial charge >= 0.3 is 0 Å². The molecule has 5 heteroatoms. The minimum atomic E-state index is 0.664. The lowest BCUT2D eigenvalue weighted by Gasteiger charge is -2.38. The number of likely N-dealkylation sites (tertiary alicyclic amines) is 1. The number of hydrogen-bond donors (Lipinski definition) is 1. The summed E-state index contributed by atoms with van der Waals surface area (Å²) < 4.78 is 4.81. The third-order valence-electron chi connectivity index (χ3n) is 4.33. The van der Waals surface area contributed by atoms with Crippen LogP contribution in [0.3, 0.4) is 0 Å². The summed E-state index contributed by atoms with van der Waals surface area (Å²) in [7, 11) is 0. The Morgan fingerprint density at radius 3 is 2.94 bits per heavy atom. The first-order valence-electron chi connectivity index (χ1n) is 7.10. The smallest absolute Gasteiger partial charge is 0.122 e. The summed E-state index contributed by atoms with van der Waals surface area (Å²) in [5.41, 5.74) is 1.93. The molecule has 0 aliphatic carbocycles. The quantitative estimate of drug-likeness (QED) is 0.880. The molecule has 0 bridgehead atoms. The van der Waals surface area contributed by atoms with Crippen molar-refractivity contribution in [3.8, 4) is 0 Å². The Balaban J connectivity index is 1.69. The van der Waals surface area contributed by atoms with E-state index >= 15 is 0 Å². The Bertz CT molecular complexity index is 386. The Morgan fingerprint density at radius 2 is 2.22 bits per heavy atom. The molecule has 2 atom stereocenters. The molecule has 0 amide bonds. The molecule has 100 valence electrons. The van der Waals surface area contributed by atoms with Crippen molar-refractivity contribution in [3.63, 3.8) is 0 Å². The molecule has 5 nitrogen and oxygen atoms in total. The second kappa shape index (κ2) is 5.36. The van der Waals surface area contributed by atoms with Gasteiger partial charge < -0.3 is 5.32 Å². The Hall–Kier alpha value is -0.940. The van der Waals surface area contributed by atoms with Crippen LogP contribution in [0, 0.1) is 6.92 Å². The van der Waals surface area contributed by atoms with Gasteiger partial charge in [-0.1, -0.05) is 16.7 Å². The molecule has 2 unspecified atom stereocenters. The van der Waals surface area contributed by atoms with Crippen molar-refractivity contribution in [2.75, 3.05) is 13.1 Å². The van der Waals surface area contributed by atoms with Gasteiger partial charge in [0.2, 0.25) is 0 Å². The molecule has 0 aromatic carbocycles. The van der Waals surface area contributed by atoms with E-state index in [9.17, 15) is 0 Å². The maximum absolute atomic E-state index is 4.81. The van der Waals surface area contributed by atoms with E-state index in [1.807, 2.05) is 6.92 Å². The summed E-state index contributed by atoms with van der Waals surface area (Å²) >= 11 is 0. The number of aryl methyl sites for hydroxylation is 1. The number of nitrogens with zero attached hydrogens (tertiary/aromatic N) is 3. The number of hydrogen-bond acceptors (Lipinski definition) is 5. The average molecular weight is 250 g/mol. The fraction of sp³-hybridized carbons (Fsp3) is 0.846. The maximum atomic E-state index is 4.81. The molecule has 1 N–H and O–H groups in total. The third kappa shape index (κ3) is 2.42. The lowest BCUT2D eigenvalue weighted by molar-refractivity contribution is 0.109. The molecule has 2 saturated heterocycles. The van der Waals surface area contributed by atoms with Gasteiger partial charge in [0.05, 0.1) is 0 Å². The molecule has 0 radical (unpaired) electrons. The van der Waals surface area contributed by atoms with Crippen LogP contribution in [0.15, 0.2) is 4.63 Å². The standard InChI is InChI=1S/C13H22N4O/c1-10-12(16-18-15-10)9-17-8-3-2-6-13(17)11-5-4-7-14-11/h11,13-14H,2-9H2,1H3. The zero-order valence-electron chi connectivity index (χ0n) is 11.1. The first-order chi connectivity index (χ1) is 8.84. The zero-order chi connectivity index (χ0) is 12.4. The Labute approximate surface area is 108 Å². The molecule has 18 heavy (non-hydrogen) atoms. The minimum Gasteiger partial charge on any atom is -0.312 e. The van der Waals surface area contributed by atoms with Gasteiger partial charge in [-0.25, -0.2) is 4.63 Å². The number of rotatable bonds is 3. The topological polar surface area (TPSA) is 54.2 Å². The van der Waals surface area contributed by atoms with Crippen LogP contribution in [0.4, 0.5) is 0 Å². The molecular formula is C13H22N4O. The summed E-state index contributed by atoms with van der Waals surface area (Å²) in [6.07, 6.45) is 6.60. The van der Waals surface area contributed by atoms with Gasteiger partial charge in [0.25, 0.3) is 0 Å². The molecule has 3 rings (SSSR count). The first kappa shape index (κ1) is 12.1. The summed E-state index contributed by atoms with van der Waals surface area (Å²) in [4.78, 5) is 2.57. The second-order valence-corrected chi connectivity index (χ2v) is 5.53. The summed E-state index contributed by atoms with van der Waals surface area (Å²) in [5, 5.41) is 11.5. The largest absolute Gasteiger partial charge is 0.312 e. The van der Waals surface area contributed by atoms with Crippen LogP contribution in [0.5, 0.6) is 0 Å². The molecule has 1 aromatic rings. The summed E-state index contributed by atoms with van der Waals surface area (Å²) in [6, 6.07) is 1.34. The van der Waals surface area contributed by atoms with E-state index in [1.54, 1.807) is 0 Å². The van der Waals surface area contributed by atoms with E-state index in [0.29, 0.717) is 12.1 Å². The summed E-state index contributed by atoms with van der Waals surface area (Å²) in [6.45, 7) is 5.21. The van der Waals surface area contributed by atoms with Crippen LogP contribution >= 0.6 is 0 Å². The van der Waals surface area contributed by atoms with E-state index in [-0.39, 0.29) is 0 Å². The van der Waals surface area contributed by atoms with Crippen molar-refractivity contribution in [1.29, 1.82) is 0 Å². The highest BCUT2D eigenvalue weighted by Gasteiger charge is 2.32. The molecule has 2 aliphatic heterocycles. The predicted octanol–water partition coefficient (Wildman–Crippen LogP) is 1.48. The normalized spacial score (nSPS) is 29.8. The average Bonchev–Trinajstić information content (AvgIpc) is 3.03. The fourth-order valence-corrected chi connectivity index (χ4v) is 3.29. The van der Waals surface area contributed by atoms with Gasteiger partial charge in [0, 0.05) is 18.6 Å². The molecule has 0 spiro atoms. The molecule has 1 aromatic heterocycles. The number of piperidine rings is 1. The molecule has 2 aliphatic rings. The van der Waals surface area contributed by atoms with Crippen molar-refractivity contribution in [2.45, 2.75) is 57.7 Å². The Kier molecular flexibility index (Phi) is 3.61. The summed E-state index contributed by atoms with van der Waals surface area (Å²) in [5.74, 6) is 0. The molecule has 2 fully saturated rings. The second-order valence-electron chi connectivity index (χ2n) is 5.53. The Morgan fingerprint density at radius 1 is 1.28 bits per heavy atom. The fourth-order valence-electron chi connectivity index (χ4n) is 3.29. The third-order valence-corrected chi connectivity index (χ3v) is 4.33. The molecular weight excluding hydrogens is 228 g/mol. The van der Waals surface area contributed by atoms with Crippen molar-refractivity contribution in [1.82, 2.24) is 20.5 Å². The number of aromatic nitrogens is 2. The van der Waals surface area contributed by atoms with E-state index in [1.165, 1.54) is 45.2 Å². The molecule has 0 saturated carbocycles. The van der Waals surface area contributed by atoms with Gasteiger partial charge in [-0.05, 0) is 45.7 Å². The van der Waals surface area contributed by atoms with Gasteiger partial charge in [-0.15, -0.1) is 0 Å². The highest BCUT2D eigenvalue weighted by atomic mass is 16.6. The van der Waals surface area contributed by atoms with Crippen LogP contribution in [0.1, 0.15) is 43.5 Å². The molecule has 3 heterocycles. The van der Waals surface area contributed by atoms with E-state index in [2.05, 4.69) is 20.5 Å². The maximum Gasteiger partial charge on any atom is 0.122 e. The van der Waals surface area contributed by atoms with E-state index < -0.39 is 0 Å². The highest BCUT2D eigenvalue weighted by molar-refractivity contribution is 5.05.